The summed E-state index contributed by atoms with van der Waals surface area (Å²) in [5, 5.41) is 8.47. The SMILES string of the molecule is CC(C)c1ccc(C(=O)CCC(=O)O)cc1. The topological polar surface area (TPSA) is 54.4 Å². The van der Waals surface area contributed by atoms with Gasteiger partial charge in [0.1, 0.15) is 0 Å². The maximum Gasteiger partial charge on any atom is 0.303 e. The van der Waals surface area contributed by atoms with E-state index in [2.05, 4.69) is 13.8 Å². The number of rotatable bonds is 5. The van der Waals surface area contributed by atoms with Crippen molar-refractivity contribution in [2.45, 2.75) is 32.6 Å². The van der Waals surface area contributed by atoms with Crippen LogP contribution >= 0.6 is 0 Å². The third-order valence-corrected chi connectivity index (χ3v) is 2.47. The molecule has 0 fully saturated rings. The van der Waals surface area contributed by atoms with Crippen LogP contribution in [0.25, 0.3) is 0 Å². The van der Waals surface area contributed by atoms with Gasteiger partial charge in [-0.2, -0.15) is 0 Å². The van der Waals surface area contributed by atoms with E-state index in [-0.39, 0.29) is 18.6 Å². The van der Waals surface area contributed by atoms with Crippen LogP contribution in [-0.2, 0) is 4.79 Å². The summed E-state index contributed by atoms with van der Waals surface area (Å²) in [6.45, 7) is 4.17. The Morgan fingerprint density at radius 1 is 1.12 bits per heavy atom. The Kier molecular flexibility index (Phi) is 4.23. The van der Waals surface area contributed by atoms with Crippen molar-refractivity contribution < 1.29 is 14.7 Å². The molecule has 0 aliphatic carbocycles. The first-order chi connectivity index (χ1) is 7.50. The van der Waals surface area contributed by atoms with Crippen LogP contribution in [0.5, 0.6) is 0 Å². The Bertz CT molecular complexity index is 377. The van der Waals surface area contributed by atoms with Crippen molar-refractivity contribution in [2.75, 3.05) is 0 Å². The van der Waals surface area contributed by atoms with Crippen molar-refractivity contribution >= 4 is 11.8 Å². The first-order valence-corrected chi connectivity index (χ1v) is 5.35. The third kappa shape index (κ3) is 3.50. The average Bonchev–Trinajstić information content (AvgIpc) is 2.26. The zero-order chi connectivity index (χ0) is 12.1. The smallest absolute Gasteiger partial charge is 0.303 e. The lowest BCUT2D eigenvalue weighted by atomic mass is 9.99. The highest BCUT2D eigenvalue weighted by atomic mass is 16.4. The maximum absolute atomic E-state index is 11.6. The molecule has 0 unspecified atom stereocenters. The molecule has 0 atom stereocenters. The van der Waals surface area contributed by atoms with E-state index in [9.17, 15) is 9.59 Å². The third-order valence-electron chi connectivity index (χ3n) is 2.47. The van der Waals surface area contributed by atoms with E-state index in [0.717, 1.165) is 0 Å². The summed E-state index contributed by atoms with van der Waals surface area (Å²) in [4.78, 5) is 21.9. The number of hydrogen-bond acceptors (Lipinski definition) is 2. The second-order valence-electron chi connectivity index (χ2n) is 4.09. The molecule has 1 aromatic carbocycles. The fourth-order valence-electron chi connectivity index (χ4n) is 1.42. The zero-order valence-corrected chi connectivity index (χ0v) is 9.56. The molecule has 3 nitrogen and oxygen atoms in total. The fraction of sp³-hybridized carbons (Fsp3) is 0.385. The molecule has 1 rings (SSSR count). The molecule has 0 amide bonds. The van der Waals surface area contributed by atoms with Gasteiger partial charge in [0.15, 0.2) is 5.78 Å². The number of aliphatic carboxylic acids is 1. The van der Waals surface area contributed by atoms with Crippen LogP contribution in [0.3, 0.4) is 0 Å². The standard InChI is InChI=1S/C13H16O3/c1-9(2)10-3-5-11(6-4-10)12(14)7-8-13(15)16/h3-6,9H,7-8H2,1-2H3,(H,15,16). The number of carbonyl (C=O) groups is 2. The monoisotopic (exact) mass is 220 g/mol. The minimum Gasteiger partial charge on any atom is -0.481 e. The highest BCUT2D eigenvalue weighted by molar-refractivity contribution is 5.97. The second kappa shape index (κ2) is 5.45. The van der Waals surface area contributed by atoms with Crippen LogP contribution in [0, 0.1) is 0 Å². The second-order valence-corrected chi connectivity index (χ2v) is 4.09. The van der Waals surface area contributed by atoms with Gasteiger partial charge in [-0.25, -0.2) is 0 Å². The minimum atomic E-state index is -0.938. The van der Waals surface area contributed by atoms with Crippen molar-refractivity contribution in [3.05, 3.63) is 35.4 Å². The number of ketones is 1. The fourth-order valence-corrected chi connectivity index (χ4v) is 1.42. The summed E-state index contributed by atoms with van der Waals surface area (Å²) in [5.41, 5.74) is 1.76. The Morgan fingerprint density at radius 2 is 1.69 bits per heavy atom. The lowest BCUT2D eigenvalue weighted by Gasteiger charge is -2.05. The van der Waals surface area contributed by atoms with E-state index in [1.807, 2.05) is 12.1 Å². The van der Waals surface area contributed by atoms with E-state index in [1.165, 1.54) is 5.56 Å². The van der Waals surface area contributed by atoms with Crippen LogP contribution in [0.4, 0.5) is 0 Å². The quantitative estimate of drug-likeness (QED) is 0.776. The van der Waals surface area contributed by atoms with Crippen molar-refractivity contribution in [1.29, 1.82) is 0 Å². The first-order valence-electron chi connectivity index (χ1n) is 5.35. The van der Waals surface area contributed by atoms with E-state index in [4.69, 9.17) is 5.11 Å². The summed E-state index contributed by atoms with van der Waals surface area (Å²) >= 11 is 0. The first kappa shape index (κ1) is 12.4. The van der Waals surface area contributed by atoms with Crippen LogP contribution in [0.1, 0.15) is 48.5 Å². The summed E-state index contributed by atoms with van der Waals surface area (Å²) in [6.07, 6.45) is -0.0406. The van der Waals surface area contributed by atoms with E-state index < -0.39 is 5.97 Å². The van der Waals surface area contributed by atoms with E-state index in [1.54, 1.807) is 12.1 Å². The summed E-state index contributed by atoms with van der Waals surface area (Å²) in [5.74, 6) is -0.618. The van der Waals surface area contributed by atoms with E-state index in [0.29, 0.717) is 11.5 Å². The molecule has 0 heterocycles. The Balaban J connectivity index is 2.66. The summed E-state index contributed by atoms with van der Waals surface area (Å²) in [7, 11) is 0. The molecule has 0 aliphatic heterocycles. The van der Waals surface area contributed by atoms with Gasteiger partial charge in [-0.3, -0.25) is 9.59 Å². The Labute approximate surface area is 95.1 Å². The summed E-state index contributed by atoms with van der Waals surface area (Å²) in [6, 6.07) is 7.36. The van der Waals surface area contributed by atoms with Gasteiger partial charge < -0.3 is 5.11 Å². The van der Waals surface area contributed by atoms with Crippen LogP contribution in [0.15, 0.2) is 24.3 Å². The predicted molar refractivity (Wildman–Crippen MR) is 61.7 cm³/mol. The molecular formula is C13H16O3. The van der Waals surface area contributed by atoms with Crippen molar-refractivity contribution in [2.24, 2.45) is 0 Å². The number of hydrogen-bond donors (Lipinski definition) is 1. The van der Waals surface area contributed by atoms with Gasteiger partial charge in [0.05, 0.1) is 6.42 Å². The molecule has 1 N–H and O–H groups in total. The van der Waals surface area contributed by atoms with E-state index >= 15 is 0 Å². The molecule has 0 spiro atoms. The van der Waals surface area contributed by atoms with Crippen molar-refractivity contribution in [3.63, 3.8) is 0 Å². The predicted octanol–water partition coefficient (Wildman–Crippen LogP) is 2.86. The Hall–Kier alpha value is -1.64. The number of Topliss-reactive ketones (excluding diaryl/α,β-unsaturated/α-hetero) is 1. The van der Waals surface area contributed by atoms with Gasteiger partial charge in [-0.1, -0.05) is 38.1 Å². The number of carbonyl (C=O) groups excluding carboxylic acids is 1. The molecule has 0 aliphatic rings. The van der Waals surface area contributed by atoms with Gasteiger partial charge >= 0.3 is 5.97 Å². The van der Waals surface area contributed by atoms with Gasteiger partial charge in [0.25, 0.3) is 0 Å². The van der Waals surface area contributed by atoms with Crippen molar-refractivity contribution in [3.8, 4) is 0 Å². The molecule has 86 valence electrons. The molecule has 0 aromatic heterocycles. The van der Waals surface area contributed by atoms with Crippen LogP contribution in [0.2, 0.25) is 0 Å². The summed E-state index contributed by atoms with van der Waals surface area (Å²) < 4.78 is 0. The minimum absolute atomic E-state index is 0.0658. The molecule has 0 saturated heterocycles. The van der Waals surface area contributed by atoms with Crippen LogP contribution < -0.4 is 0 Å². The highest BCUT2D eigenvalue weighted by Gasteiger charge is 2.08. The molecule has 0 saturated carbocycles. The lowest BCUT2D eigenvalue weighted by Crippen LogP contribution is -2.03. The van der Waals surface area contributed by atoms with Gasteiger partial charge in [0.2, 0.25) is 0 Å². The number of carboxylic acid groups (broad SMARTS) is 1. The molecule has 3 heteroatoms. The Morgan fingerprint density at radius 3 is 2.12 bits per heavy atom. The molecule has 16 heavy (non-hydrogen) atoms. The molecule has 0 bridgehead atoms. The van der Waals surface area contributed by atoms with Gasteiger partial charge in [-0.05, 0) is 11.5 Å². The van der Waals surface area contributed by atoms with Crippen molar-refractivity contribution in [1.82, 2.24) is 0 Å². The van der Waals surface area contributed by atoms with Gasteiger partial charge in [-0.15, -0.1) is 0 Å². The molecule has 1 aromatic rings. The molecule has 0 radical (unpaired) electrons. The average molecular weight is 220 g/mol. The lowest BCUT2D eigenvalue weighted by molar-refractivity contribution is -0.136. The largest absolute Gasteiger partial charge is 0.481 e. The maximum atomic E-state index is 11.6. The highest BCUT2D eigenvalue weighted by Crippen LogP contribution is 2.15. The normalized spacial score (nSPS) is 10.4. The van der Waals surface area contributed by atoms with Gasteiger partial charge in [0, 0.05) is 12.0 Å². The van der Waals surface area contributed by atoms with Crippen LogP contribution in [-0.4, -0.2) is 16.9 Å². The number of benzene rings is 1. The zero-order valence-electron chi connectivity index (χ0n) is 9.56. The number of carboxylic acids is 1. The molecular weight excluding hydrogens is 204 g/mol.